The third-order valence-electron chi connectivity index (χ3n) is 2.64. The summed E-state index contributed by atoms with van der Waals surface area (Å²) in [7, 11) is 0. The molecule has 100 valence electrons. The molecule has 2 heterocycles. The number of amides is 1. The Morgan fingerprint density at radius 2 is 2.16 bits per heavy atom. The van der Waals surface area contributed by atoms with Crippen LogP contribution in [0.25, 0.3) is 0 Å². The molecular formula is C13H13BrN2O2S. The molecule has 4 nitrogen and oxygen atoms in total. The van der Waals surface area contributed by atoms with Crippen molar-refractivity contribution in [3.63, 3.8) is 0 Å². The van der Waals surface area contributed by atoms with Crippen molar-refractivity contribution in [2.75, 3.05) is 6.54 Å². The number of hydrogen-bond acceptors (Lipinski definition) is 3. The molecule has 2 rings (SSSR count). The maximum Gasteiger partial charge on any atom is 0.270 e. The lowest BCUT2D eigenvalue weighted by molar-refractivity contribution is 0.0748. The average Bonchev–Trinajstić information content (AvgIpc) is 2.81. The third-order valence-corrected chi connectivity index (χ3v) is 4.25. The number of H-pyrrole nitrogens is 1. The Labute approximate surface area is 123 Å². The van der Waals surface area contributed by atoms with E-state index in [0.29, 0.717) is 18.8 Å². The highest BCUT2D eigenvalue weighted by atomic mass is 79.9. The quantitative estimate of drug-likeness (QED) is 0.930. The van der Waals surface area contributed by atoms with Gasteiger partial charge in [0.15, 0.2) is 0 Å². The molecule has 1 amide bonds. The number of carbonyl (C=O) groups excluding carboxylic acids is 1. The van der Waals surface area contributed by atoms with Crippen molar-refractivity contribution in [1.82, 2.24) is 9.88 Å². The van der Waals surface area contributed by atoms with Crippen LogP contribution in [0.15, 0.2) is 38.9 Å². The molecule has 0 radical (unpaired) electrons. The molecule has 0 aliphatic heterocycles. The molecule has 0 aliphatic rings. The number of nitrogens with one attached hydrogen (secondary N) is 1. The van der Waals surface area contributed by atoms with Crippen LogP contribution in [0.3, 0.4) is 0 Å². The normalized spacial score (nSPS) is 10.4. The minimum absolute atomic E-state index is 0.162. The Hall–Kier alpha value is -1.40. The Kier molecular flexibility index (Phi) is 4.55. The summed E-state index contributed by atoms with van der Waals surface area (Å²) in [4.78, 5) is 28.9. The fourth-order valence-electron chi connectivity index (χ4n) is 1.69. The standard InChI is InChI=1S/C13H13BrN2O2S/c1-2-16(8-9-6-7-11(14)19-9)13(18)10-4-3-5-12(17)15-10/h3-7H,2,8H2,1H3,(H,15,17). The molecule has 19 heavy (non-hydrogen) atoms. The average molecular weight is 341 g/mol. The van der Waals surface area contributed by atoms with Crippen molar-refractivity contribution >= 4 is 33.2 Å². The molecule has 0 fully saturated rings. The number of carbonyl (C=O) groups is 1. The van der Waals surface area contributed by atoms with Gasteiger partial charge in [-0.1, -0.05) is 6.07 Å². The summed E-state index contributed by atoms with van der Waals surface area (Å²) < 4.78 is 1.04. The van der Waals surface area contributed by atoms with Crippen LogP contribution in [-0.4, -0.2) is 22.3 Å². The van der Waals surface area contributed by atoms with Gasteiger partial charge in [0.05, 0.1) is 10.3 Å². The number of aromatic amines is 1. The maximum absolute atomic E-state index is 12.3. The van der Waals surface area contributed by atoms with Crippen LogP contribution in [0.2, 0.25) is 0 Å². The summed E-state index contributed by atoms with van der Waals surface area (Å²) in [5.74, 6) is -0.162. The van der Waals surface area contributed by atoms with E-state index in [1.54, 1.807) is 28.4 Å². The zero-order chi connectivity index (χ0) is 13.8. The van der Waals surface area contributed by atoms with Crippen LogP contribution < -0.4 is 5.56 Å². The van der Waals surface area contributed by atoms with Gasteiger partial charge < -0.3 is 9.88 Å². The molecule has 0 unspecified atom stereocenters. The van der Waals surface area contributed by atoms with E-state index in [2.05, 4.69) is 20.9 Å². The smallest absolute Gasteiger partial charge is 0.270 e. The van der Waals surface area contributed by atoms with E-state index in [-0.39, 0.29) is 11.5 Å². The minimum atomic E-state index is -0.263. The van der Waals surface area contributed by atoms with Crippen LogP contribution in [-0.2, 0) is 6.54 Å². The van der Waals surface area contributed by atoms with Crippen molar-refractivity contribution in [2.45, 2.75) is 13.5 Å². The van der Waals surface area contributed by atoms with Gasteiger partial charge in [0.1, 0.15) is 5.69 Å². The minimum Gasteiger partial charge on any atom is -0.333 e. The number of halogens is 1. The number of thiophene rings is 1. The molecule has 0 atom stereocenters. The molecule has 0 saturated heterocycles. The van der Waals surface area contributed by atoms with Crippen molar-refractivity contribution in [3.8, 4) is 0 Å². The van der Waals surface area contributed by atoms with E-state index in [9.17, 15) is 9.59 Å². The summed E-state index contributed by atoms with van der Waals surface area (Å²) in [5, 5.41) is 0. The lowest BCUT2D eigenvalue weighted by Gasteiger charge is -2.19. The first kappa shape index (κ1) is 14.0. The summed E-state index contributed by atoms with van der Waals surface area (Å²) in [6.07, 6.45) is 0. The van der Waals surface area contributed by atoms with Crippen LogP contribution in [0, 0.1) is 0 Å². The lowest BCUT2D eigenvalue weighted by atomic mass is 10.3. The monoisotopic (exact) mass is 340 g/mol. The number of aromatic nitrogens is 1. The molecule has 2 aromatic heterocycles. The second-order valence-electron chi connectivity index (χ2n) is 3.95. The highest BCUT2D eigenvalue weighted by Gasteiger charge is 2.15. The van der Waals surface area contributed by atoms with Gasteiger partial charge in [-0.25, -0.2) is 0 Å². The first-order valence-electron chi connectivity index (χ1n) is 5.83. The lowest BCUT2D eigenvalue weighted by Crippen LogP contribution is -2.31. The van der Waals surface area contributed by atoms with E-state index in [4.69, 9.17) is 0 Å². The fraction of sp³-hybridized carbons (Fsp3) is 0.231. The zero-order valence-electron chi connectivity index (χ0n) is 10.4. The molecule has 1 N–H and O–H groups in total. The van der Waals surface area contributed by atoms with Crippen LogP contribution in [0.4, 0.5) is 0 Å². The van der Waals surface area contributed by atoms with Gasteiger partial charge >= 0.3 is 0 Å². The highest BCUT2D eigenvalue weighted by Crippen LogP contribution is 2.23. The first-order chi connectivity index (χ1) is 9.10. The second kappa shape index (κ2) is 6.16. The Morgan fingerprint density at radius 1 is 1.37 bits per heavy atom. The number of pyridine rings is 1. The Bertz CT molecular complexity index is 635. The van der Waals surface area contributed by atoms with Crippen LogP contribution >= 0.6 is 27.3 Å². The molecule has 0 aromatic carbocycles. The summed E-state index contributed by atoms with van der Waals surface area (Å²) in [6, 6.07) is 8.54. The topological polar surface area (TPSA) is 53.2 Å². The van der Waals surface area contributed by atoms with Crippen molar-refractivity contribution in [1.29, 1.82) is 0 Å². The largest absolute Gasteiger partial charge is 0.333 e. The summed E-state index contributed by atoms with van der Waals surface area (Å²) in [5.41, 5.74) is 0.0609. The summed E-state index contributed by atoms with van der Waals surface area (Å²) in [6.45, 7) is 3.05. The Morgan fingerprint density at radius 3 is 2.74 bits per heavy atom. The number of rotatable bonds is 4. The number of hydrogen-bond donors (Lipinski definition) is 1. The van der Waals surface area contributed by atoms with Crippen LogP contribution in [0.5, 0.6) is 0 Å². The van der Waals surface area contributed by atoms with Gasteiger partial charge in [-0.15, -0.1) is 11.3 Å². The first-order valence-corrected chi connectivity index (χ1v) is 7.44. The molecule has 6 heteroatoms. The van der Waals surface area contributed by atoms with E-state index >= 15 is 0 Å². The maximum atomic E-state index is 12.3. The van der Waals surface area contributed by atoms with Gasteiger partial charge in [0.25, 0.3) is 5.91 Å². The van der Waals surface area contributed by atoms with Gasteiger partial charge in [-0.05, 0) is 41.1 Å². The predicted molar refractivity (Wildman–Crippen MR) is 79.5 cm³/mol. The van der Waals surface area contributed by atoms with Crippen LogP contribution in [0.1, 0.15) is 22.3 Å². The molecule has 0 saturated carbocycles. The SMILES string of the molecule is CCN(Cc1ccc(Br)s1)C(=O)c1cccc(=O)[nH]1. The van der Waals surface area contributed by atoms with E-state index in [1.807, 2.05) is 19.1 Å². The van der Waals surface area contributed by atoms with Gasteiger partial charge in [0, 0.05) is 17.5 Å². The molecule has 0 aliphatic carbocycles. The Balaban J connectivity index is 2.17. The highest BCUT2D eigenvalue weighted by molar-refractivity contribution is 9.11. The fourth-order valence-corrected chi connectivity index (χ4v) is 3.19. The molecule has 2 aromatic rings. The molecule has 0 spiro atoms. The third kappa shape index (κ3) is 3.54. The van der Waals surface area contributed by atoms with Crippen molar-refractivity contribution in [3.05, 3.63) is 55.0 Å². The van der Waals surface area contributed by atoms with E-state index in [0.717, 1.165) is 8.66 Å². The van der Waals surface area contributed by atoms with E-state index in [1.165, 1.54) is 6.07 Å². The summed E-state index contributed by atoms with van der Waals surface area (Å²) >= 11 is 5.00. The van der Waals surface area contributed by atoms with Crippen molar-refractivity contribution < 1.29 is 4.79 Å². The number of nitrogens with zero attached hydrogens (tertiary/aromatic N) is 1. The second-order valence-corrected chi connectivity index (χ2v) is 6.50. The van der Waals surface area contributed by atoms with Gasteiger partial charge in [0.2, 0.25) is 5.56 Å². The molecule has 0 bridgehead atoms. The van der Waals surface area contributed by atoms with Gasteiger partial charge in [-0.2, -0.15) is 0 Å². The zero-order valence-corrected chi connectivity index (χ0v) is 12.8. The van der Waals surface area contributed by atoms with Gasteiger partial charge in [-0.3, -0.25) is 9.59 Å². The predicted octanol–water partition coefficient (Wildman–Crippen LogP) is 2.86. The van der Waals surface area contributed by atoms with E-state index < -0.39 is 0 Å². The molecular weight excluding hydrogens is 328 g/mol. The van der Waals surface area contributed by atoms with Crippen molar-refractivity contribution in [2.24, 2.45) is 0 Å².